The molecule has 0 aliphatic rings. The molecule has 0 aliphatic carbocycles. The molecule has 0 fully saturated rings. The van der Waals surface area contributed by atoms with Gasteiger partial charge in [0.1, 0.15) is 10.5 Å². The lowest BCUT2D eigenvalue weighted by molar-refractivity contribution is 0.0602. The van der Waals surface area contributed by atoms with Crippen LogP contribution in [-0.2, 0) is 9.47 Å². The minimum atomic E-state index is -0.644. The van der Waals surface area contributed by atoms with Crippen molar-refractivity contribution in [1.82, 2.24) is 0 Å². The van der Waals surface area contributed by atoms with Gasteiger partial charge in [-0.05, 0) is 36.7 Å². The van der Waals surface area contributed by atoms with Crippen molar-refractivity contribution in [3.05, 3.63) is 8.66 Å². The van der Waals surface area contributed by atoms with Crippen molar-refractivity contribution in [3.8, 4) is 0 Å². The summed E-state index contributed by atoms with van der Waals surface area (Å²) in [6.07, 6.45) is -0.644. The van der Waals surface area contributed by atoms with Gasteiger partial charge in [0.15, 0.2) is 0 Å². The number of hydrogen-bond acceptors (Lipinski definition) is 6. The van der Waals surface area contributed by atoms with Gasteiger partial charge >= 0.3 is 12.1 Å². The van der Waals surface area contributed by atoms with Crippen LogP contribution in [-0.4, -0.2) is 24.8 Å². The predicted molar refractivity (Wildman–Crippen MR) is 77.6 cm³/mol. The van der Waals surface area contributed by atoms with E-state index in [4.69, 9.17) is 10.5 Å². The molecule has 8 heteroatoms. The van der Waals surface area contributed by atoms with Crippen LogP contribution in [0, 0.1) is 0 Å². The second-order valence-corrected chi connectivity index (χ2v) is 6.95. The van der Waals surface area contributed by atoms with Gasteiger partial charge < -0.3 is 15.2 Å². The Balaban J connectivity index is 2.94. The molecule has 0 radical (unpaired) electrons. The third-order valence-corrected chi connectivity index (χ3v) is 3.76. The van der Waals surface area contributed by atoms with Crippen molar-refractivity contribution in [2.45, 2.75) is 26.4 Å². The Morgan fingerprint density at radius 1 is 1.37 bits per heavy atom. The van der Waals surface area contributed by atoms with Crippen LogP contribution in [0.15, 0.2) is 3.79 Å². The number of thiophene rings is 1. The minimum absolute atomic E-state index is 0.148. The van der Waals surface area contributed by atoms with Crippen molar-refractivity contribution in [2.24, 2.45) is 0 Å². The Hall–Kier alpha value is -1.28. The topological polar surface area (TPSA) is 90.6 Å². The van der Waals surface area contributed by atoms with Gasteiger partial charge in [-0.15, -0.1) is 11.3 Å². The van der Waals surface area contributed by atoms with Crippen LogP contribution >= 0.6 is 27.3 Å². The number of carbonyl (C=O) groups excluding carboxylic acids is 2. The lowest BCUT2D eigenvalue weighted by atomic mass is 10.2. The molecule has 0 aliphatic heterocycles. The molecule has 6 nitrogen and oxygen atoms in total. The third kappa shape index (κ3) is 4.10. The van der Waals surface area contributed by atoms with E-state index in [0.29, 0.717) is 9.47 Å². The van der Waals surface area contributed by atoms with E-state index in [-0.39, 0.29) is 10.6 Å². The van der Waals surface area contributed by atoms with Crippen LogP contribution in [0.25, 0.3) is 0 Å². The highest BCUT2D eigenvalue weighted by atomic mass is 79.9. The number of carbonyl (C=O) groups is 2. The van der Waals surface area contributed by atoms with Gasteiger partial charge in [0.2, 0.25) is 0 Å². The zero-order chi connectivity index (χ0) is 14.8. The molecular weight excluding hydrogens is 336 g/mol. The van der Waals surface area contributed by atoms with Crippen molar-refractivity contribution < 1.29 is 19.1 Å². The molecule has 106 valence electrons. The summed E-state index contributed by atoms with van der Waals surface area (Å²) in [5.41, 5.74) is 5.64. The van der Waals surface area contributed by atoms with E-state index in [1.807, 2.05) is 0 Å². The largest absolute Gasteiger partial charge is 0.465 e. The quantitative estimate of drug-likeness (QED) is 0.799. The van der Waals surface area contributed by atoms with Crippen molar-refractivity contribution in [3.63, 3.8) is 0 Å². The lowest BCUT2D eigenvalue weighted by Crippen LogP contribution is -2.27. The monoisotopic (exact) mass is 350 g/mol. The molecule has 0 spiro atoms. The first-order valence-electron chi connectivity index (χ1n) is 5.31. The SMILES string of the molecule is COC(=O)c1sc(Br)c(NC(=O)OC(C)(C)C)c1N. The number of anilines is 2. The molecule has 1 heterocycles. The molecule has 1 amide bonds. The van der Waals surface area contributed by atoms with E-state index in [1.54, 1.807) is 20.8 Å². The van der Waals surface area contributed by atoms with Gasteiger partial charge in [0.05, 0.1) is 22.3 Å². The van der Waals surface area contributed by atoms with Gasteiger partial charge in [0, 0.05) is 0 Å². The van der Waals surface area contributed by atoms with Crippen LogP contribution in [0.3, 0.4) is 0 Å². The number of halogens is 1. The number of nitrogen functional groups attached to an aromatic ring is 1. The fraction of sp³-hybridized carbons (Fsp3) is 0.455. The summed E-state index contributed by atoms with van der Waals surface area (Å²) in [4.78, 5) is 23.3. The Kier molecular flexibility index (Phi) is 4.81. The Morgan fingerprint density at radius 3 is 2.42 bits per heavy atom. The van der Waals surface area contributed by atoms with E-state index in [2.05, 4.69) is 26.0 Å². The number of nitrogens with one attached hydrogen (secondary N) is 1. The average molecular weight is 351 g/mol. The number of hydrogen-bond donors (Lipinski definition) is 2. The summed E-state index contributed by atoms with van der Waals surface area (Å²) < 4.78 is 10.2. The lowest BCUT2D eigenvalue weighted by Gasteiger charge is -2.19. The van der Waals surface area contributed by atoms with E-state index < -0.39 is 17.7 Å². The molecule has 3 N–H and O–H groups in total. The molecule has 0 saturated carbocycles. The van der Waals surface area contributed by atoms with E-state index in [1.165, 1.54) is 7.11 Å². The number of ether oxygens (including phenoxy) is 2. The maximum absolute atomic E-state index is 11.7. The minimum Gasteiger partial charge on any atom is -0.465 e. The molecule has 1 rings (SSSR count). The summed E-state index contributed by atoms with van der Waals surface area (Å²) in [5.74, 6) is -0.555. The molecular formula is C11H15BrN2O4S. The van der Waals surface area contributed by atoms with Crippen molar-refractivity contribution in [2.75, 3.05) is 18.2 Å². The predicted octanol–water partition coefficient (Wildman–Crippen LogP) is 3.23. The molecule has 0 saturated heterocycles. The molecule has 0 atom stereocenters. The summed E-state index contributed by atoms with van der Waals surface area (Å²) in [6.45, 7) is 5.25. The maximum atomic E-state index is 11.7. The standard InChI is InChI=1S/C11H15BrN2O4S/c1-11(2,3)18-10(16)14-6-5(13)7(9(15)17-4)19-8(6)12/h13H2,1-4H3,(H,14,16). The number of rotatable bonds is 2. The van der Waals surface area contributed by atoms with Crippen LogP contribution in [0.2, 0.25) is 0 Å². The van der Waals surface area contributed by atoms with Gasteiger partial charge in [-0.1, -0.05) is 0 Å². The highest BCUT2D eigenvalue weighted by Gasteiger charge is 2.23. The first-order valence-corrected chi connectivity index (χ1v) is 6.92. The normalized spacial score (nSPS) is 11.0. The van der Waals surface area contributed by atoms with Crippen LogP contribution in [0.5, 0.6) is 0 Å². The van der Waals surface area contributed by atoms with Crippen LogP contribution in [0.4, 0.5) is 16.2 Å². The second kappa shape index (κ2) is 5.79. The third-order valence-electron chi connectivity index (χ3n) is 1.90. The molecule has 0 bridgehead atoms. The Labute approximate surface area is 123 Å². The maximum Gasteiger partial charge on any atom is 0.412 e. The zero-order valence-electron chi connectivity index (χ0n) is 11.0. The first kappa shape index (κ1) is 15.8. The molecule has 0 aromatic carbocycles. The number of amides is 1. The first-order chi connectivity index (χ1) is 8.65. The average Bonchev–Trinajstić information content (AvgIpc) is 2.53. The van der Waals surface area contributed by atoms with Gasteiger partial charge in [-0.3, -0.25) is 5.32 Å². The smallest absolute Gasteiger partial charge is 0.412 e. The van der Waals surface area contributed by atoms with Gasteiger partial charge in [-0.2, -0.15) is 0 Å². The fourth-order valence-electron chi connectivity index (χ4n) is 1.18. The van der Waals surface area contributed by atoms with Crippen LogP contribution < -0.4 is 11.1 Å². The van der Waals surface area contributed by atoms with Crippen molar-refractivity contribution >= 4 is 50.7 Å². The summed E-state index contributed by atoms with van der Waals surface area (Å²) in [7, 11) is 1.26. The number of nitrogens with two attached hydrogens (primary N) is 1. The van der Waals surface area contributed by atoms with E-state index in [0.717, 1.165) is 11.3 Å². The highest BCUT2D eigenvalue weighted by molar-refractivity contribution is 9.11. The molecule has 1 aromatic heterocycles. The highest BCUT2D eigenvalue weighted by Crippen LogP contribution is 2.40. The second-order valence-electron chi connectivity index (χ2n) is 4.61. The molecule has 0 unspecified atom stereocenters. The van der Waals surface area contributed by atoms with E-state index >= 15 is 0 Å². The Morgan fingerprint density at radius 2 is 1.95 bits per heavy atom. The molecule has 1 aromatic rings. The molecule has 19 heavy (non-hydrogen) atoms. The van der Waals surface area contributed by atoms with Gasteiger partial charge in [-0.25, -0.2) is 9.59 Å². The summed E-state index contributed by atoms with van der Waals surface area (Å²) >= 11 is 4.31. The number of methoxy groups -OCH3 is 1. The van der Waals surface area contributed by atoms with Crippen LogP contribution in [0.1, 0.15) is 30.4 Å². The fourth-order valence-corrected chi connectivity index (χ4v) is 2.80. The Bertz CT molecular complexity index is 508. The summed E-state index contributed by atoms with van der Waals surface area (Å²) in [6, 6.07) is 0. The van der Waals surface area contributed by atoms with Crippen molar-refractivity contribution in [1.29, 1.82) is 0 Å². The number of esters is 1. The van der Waals surface area contributed by atoms with Gasteiger partial charge in [0.25, 0.3) is 0 Å². The van der Waals surface area contributed by atoms with E-state index in [9.17, 15) is 9.59 Å². The summed E-state index contributed by atoms with van der Waals surface area (Å²) in [5, 5.41) is 2.50. The zero-order valence-corrected chi connectivity index (χ0v) is 13.4.